The fourth-order valence-electron chi connectivity index (χ4n) is 2.99. The van der Waals surface area contributed by atoms with E-state index in [0.717, 1.165) is 22.4 Å². The van der Waals surface area contributed by atoms with Gasteiger partial charge in [-0.2, -0.15) is 0 Å². The van der Waals surface area contributed by atoms with Gasteiger partial charge in [-0.25, -0.2) is 4.99 Å². The molecule has 0 atom stereocenters. The second kappa shape index (κ2) is 6.48. The molecule has 1 amide bonds. The molecule has 0 radical (unpaired) electrons. The number of primary amides is 1. The first-order chi connectivity index (χ1) is 11.7. The number of halogens is 2. The highest BCUT2D eigenvalue weighted by molar-refractivity contribution is 8.76. The van der Waals surface area contributed by atoms with Crippen LogP contribution in [0.4, 0.5) is 0 Å². The van der Waals surface area contributed by atoms with Crippen molar-refractivity contribution in [3.05, 3.63) is 69.4 Å². The van der Waals surface area contributed by atoms with Crippen LogP contribution in [0.1, 0.15) is 38.3 Å². The summed E-state index contributed by atoms with van der Waals surface area (Å²) in [6.45, 7) is 6.13. The number of nitrogens with two attached hydrogens (primary N) is 1. The normalized spacial score (nSPS) is 17.0. The van der Waals surface area contributed by atoms with Crippen molar-refractivity contribution < 1.29 is 4.79 Å². The number of rotatable bonds is 3. The molecule has 3 rings (SSSR count). The van der Waals surface area contributed by atoms with Gasteiger partial charge in [-0.3, -0.25) is 9.78 Å². The highest BCUT2D eigenvalue weighted by Gasteiger charge is 2.33. The number of aliphatic imine (C=N–C) groups is 1. The van der Waals surface area contributed by atoms with Crippen LogP contribution in [0.15, 0.2) is 40.9 Å². The topological polar surface area (TPSA) is 68.3 Å². The lowest BCUT2D eigenvalue weighted by atomic mass is 9.98. The second-order valence-electron chi connectivity index (χ2n) is 6.00. The van der Waals surface area contributed by atoms with Crippen molar-refractivity contribution in [3.8, 4) is 0 Å². The van der Waals surface area contributed by atoms with E-state index in [1.807, 2.05) is 13.8 Å². The van der Waals surface area contributed by atoms with Gasteiger partial charge in [0.25, 0.3) is 0 Å². The summed E-state index contributed by atoms with van der Waals surface area (Å²) in [7, 11) is 10.8. The number of amides is 1. The first-order valence-corrected chi connectivity index (χ1v) is 10.9. The van der Waals surface area contributed by atoms with E-state index in [9.17, 15) is 4.79 Å². The summed E-state index contributed by atoms with van der Waals surface area (Å²) in [4.78, 5) is 20.4. The van der Waals surface area contributed by atoms with Crippen molar-refractivity contribution in [1.82, 2.24) is 4.98 Å². The van der Waals surface area contributed by atoms with Crippen LogP contribution in [0, 0.1) is 20.8 Å². The average Bonchev–Trinajstić information content (AvgIpc) is 2.81. The summed E-state index contributed by atoms with van der Waals surface area (Å²) in [5.41, 5.74) is 11.3. The number of carbonyl (C=O) groups excluding carboxylic acids is 1. The Bertz CT molecular complexity index is 928. The maximum Gasteiger partial charge on any atom is 0.248 e. The number of aromatic nitrogens is 1. The predicted octanol–water partition coefficient (Wildman–Crippen LogP) is 4.98. The molecule has 0 unspecified atom stereocenters. The predicted molar refractivity (Wildman–Crippen MR) is 107 cm³/mol. The van der Waals surface area contributed by atoms with Crippen LogP contribution < -0.4 is 5.73 Å². The van der Waals surface area contributed by atoms with Gasteiger partial charge in [-0.05, 0) is 73.9 Å². The summed E-state index contributed by atoms with van der Waals surface area (Å²) < 4.78 is 0. The molecule has 2 aromatic rings. The van der Waals surface area contributed by atoms with E-state index in [0.29, 0.717) is 16.3 Å². The van der Waals surface area contributed by atoms with Crippen molar-refractivity contribution in [2.75, 3.05) is 0 Å². The van der Waals surface area contributed by atoms with Crippen molar-refractivity contribution in [2.45, 2.75) is 20.8 Å². The Kier molecular flexibility index (Phi) is 4.66. The monoisotopic (exact) mass is 393 g/mol. The minimum Gasteiger partial charge on any atom is -0.366 e. The van der Waals surface area contributed by atoms with Crippen LogP contribution in [-0.4, -0.2) is 15.9 Å². The van der Waals surface area contributed by atoms with Crippen molar-refractivity contribution in [2.24, 2.45) is 10.7 Å². The fourth-order valence-corrected chi connectivity index (χ4v) is 5.35. The van der Waals surface area contributed by atoms with Gasteiger partial charge in [0.15, 0.2) is 0 Å². The Morgan fingerprint density at radius 3 is 2.36 bits per heavy atom. The third-order valence-corrected chi connectivity index (χ3v) is 6.68. The van der Waals surface area contributed by atoms with Crippen LogP contribution in [-0.2, 0) is 0 Å². The molecule has 0 bridgehead atoms. The van der Waals surface area contributed by atoms with Crippen LogP contribution in [0.3, 0.4) is 0 Å². The lowest BCUT2D eigenvalue weighted by Gasteiger charge is -2.17. The molecular formula is C18H17Cl2N3OS. The van der Waals surface area contributed by atoms with Gasteiger partial charge in [0, 0.05) is 22.7 Å². The summed E-state index contributed by atoms with van der Waals surface area (Å²) in [5.74, 6) is -0.537. The zero-order valence-corrected chi connectivity index (χ0v) is 16.3. The molecule has 7 heteroatoms. The smallest absolute Gasteiger partial charge is 0.248 e. The summed E-state index contributed by atoms with van der Waals surface area (Å²) in [6.07, 6.45) is 1.50. The molecule has 2 N–H and O–H groups in total. The molecule has 0 spiro atoms. The number of hydrogen-bond acceptors (Lipinski definition) is 3. The number of hydrogen-bond donors (Lipinski definition) is 1. The van der Waals surface area contributed by atoms with Gasteiger partial charge in [0.1, 0.15) is 5.04 Å². The Balaban J connectivity index is 2.12. The summed E-state index contributed by atoms with van der Waals surface area (Å²) in [5, 5.41) is 2.25. The third kappa shape index (κ3) is 3.45. The van der Waals surface area contributed by atoms with Crippen LogP contribution in [0.5, 0.6) is 0 Å². The first-order valence-electron chi connectivity index (χ1n) is 7.56. The lowest BCUT2D eigenvalue weighted by Crippen LogP contribution is -2.13. The van der Waals surface area contributed by atoms with E-state index >= 15 is 0 Å². The van der Waals surface area contributed by atoms with E-state index in [-0.39, 0.29) is 0 Å². The van der Waals surface area contributed by atoms with E-state index < -0.39 is 14.4 Å². The number of benzene rings is 1. The zero-order chi connectivity index (χ0) is 18.4. The molecule has 0 fully saturated rings. The Morgan fingerprint density at radius 1 is 1.12 bits per heavy atom. The van der Waals surface area contributed by atoms with Crippen molar-refractivity contribution >= 4 is 46.5 Å². The van der Waals surface area contributed by atoms with Gasteiger partial charge < -0.3 is 5.73 Å². The standard InChI is InChI=1S/C18H17Cl2N3OS/c1-10-6-11(2)16(12(3)7-10)15-9-25(19,20)18(23-15)14-8-13(17(21)24)4-5-22-14/h4-9H,1-3H3,(H2,21,24). The fraction of sp³-hybridized carbons (Fsp3) is 0.167. The van der Waals surface area contributed by atoms with Gasteiger partial charge in [-0.15, -0.1) is 0 Å². The average molecular weight is 394 g/mol. The maximum absolute atomic E-state index is 11.4. The summed E-state index contributed by atoms with van der Waals surface area (Å²) in [6, 6.07) is 7.31. The van der Waals surface area contributed by atoms with Gasteiger partial charge in [0.2, 0.25) is 5.91 Å². The third-order valence-electron chi connectivity index (χ3n) is 3.94. The van der Waals surface area contributed by atoms with E-state index in [4.69, 9.17) is 27.1 Å². The van der Waals surface area contributed by atoms with Crippen molar-refractivity contribution in [1.29, 1.82) is 0 Å². The number of carbonyl (C=O) groups is 1. The highest BCUT2D eigenvalue weighted by atomic mass is 36.0. The van der Waals surface area contributed by atoms with Gasteiger partial charge in [-0.1, -0.05) is 17.7 Å². The largest absolute Gasteiger partial charge is 0.366 e. The van der Waals surface area contributed by atoms with Gasteiger partial charge in [0.05, 0.1) is 11.4 Å². The zero-order valence-electron chi connectivity index (χ0n) is 14.0. The van der Waals surface area contributed by atoms with Crippen LogP contribution >= 0.6 is 29.8 Å². The first kappa shape index (κ1) is 18.0. The molecule has 0 saturated carbocycles. The molecule has 4 nitrogen and oxygen atoms in total. The quantitative estimate of drug-likeness (QED) is 0.798. The maximum atomic E-state index is 11.4. The Labute approximate surface area is 157 Å². The minimum absolute atomic E-state index is 0.340. The molecule has 1 aliphatic rings. The lowest BCUT2D eigenvalue weighted by molar-refractivity contribution is 0.1000. The molecule has 2 heterocycles. The molecule has 130 valence electrons. The SMILES string of the molecule is Cc1cc(C)c(C2=CS(Cl)(Cl)C(c3cc(C(N)=O)ccn3)=N2)c(C)c1. The van der Waals surface area contributed by atoms with Crippen LogP contribution in [0.25, 0.3) is 5.70 Å². The Hall–Kier alpha value is -1.82. The highest BCUT2D eigenvalue weighted by Crippen LogP contribution is 2.66. The molecule has 0 aliphatic carbocycles. The van der Waals surface area contributed by atoms with Crippen LogP contribution in [0.2, 0.25) is 0 Å². The second-order valence-corrected chi connectivity index (χ2v) is 11.0. The molecule has 0 saturated heterocycles. The number of aryl methyl sites for hydroxylation is 3. The van der Waals surface area contributed by atoms with Crippen molar-refractivity contribution in [3.63, 3.8) is 0 Å². The molecule has 1 aromatic heterocycles. The van der Waals surface area contributed by atoms with Gasteiger partial charge >= 0.3 is 0 Å². The Morgan fingerprint density at radius 2 is 1.76 bits per heavy atom. The van der Waals surface area contributed by atoms with E-state index in [1.54, 1.807) is 17.5 Å². The van der Waals surface area contributed by atoms with E-state index in [1.165, 1.54) is 11.8 Å². The number of nitrogens with zero attached hydrogens (tertiary/aromatic N) is 2. The molecular weight excluding hydrogens is 377 g/mol. The van der Waals surface area contributed by atoms with E-state index in [2.05, 4.69) is 29.0 Å². The molecule has 1 aromatic carbocycles. The summed E-state index contributed by atoms with van der Waals surface area (Å²) >= 11 is 0. The molecule has 1 aliphatic heterocycles. The number of pyridine rings is 1. The minimum atomic E-state index is -2.31. The molecule has 25 heavy (non-hydrogen) atoms.